The molecule has 0 aliphatic heterocycles. The van der Waals surface area contributed by atoms with Crippen LogP contribution in [0.2, 0.25) is 0 Å². The topological polar surface area (TPSA) is 71.4 Å². The number of carbonyl (C=O) groups is 1. The number of benzene rings is 1. The van der Waals surface area contributed by atoms with E-state index in [0.717, 1.165) is 0 Å². The number of anilines is 1. The van der Waals surface area contributed by atoms with E-state index in [9.17, 15) is 4.79 Å². The van der Waals surface area contributed by atoms with Crippen LogP contribution in [0, 0.1) is 5.41 Å². The molecule has 0 atom stereocenters. The summed E-state index contributed by atoms with van der Waals surface area (Å²) in [6, 6.07) is 4.73. The van der Waals surface area contributed by atoms with Crippen LogP contribution in [0.1, 0.15) is 10.4 Å². The van der Waals surface area contributed by atoms with Crippen molar-refractivity contribution in [2.75, 3.05) is 19.5 Å². The van der Waals surface area contributed by atoms with E-state index in [2.05, 4.69) is 10.1 Å². The summed E-state index contributed by atoms with van der Waals surface area (Å²) in [6.45, 7) is 0. The smallest absolute Gasteiger partial charge is 0.336 e. The Kier molecular flexibility index (Phi) is 6.93. The van der Waals surface area contributed by atoms with Crippen molar-refractivity contribution in [3.63, 3.8) is 0 Å². The van der Waals surface area contributed by atoms with E-state index in [-0.39, 0.29) is 32.7 Å². The Labute approximate surface area is 119 Å². The molecule has 1 rings (SSSR count). The predicted molar refractivity (Wildman–Crippen MR) is 55.7 cm³/mol. The van der Waals surface area contributed by atoms with Crippen molar-refractivity contribution in [2.45, 2.75) is 0 Å². The summed E-state index contributed by atoms with van der Waals surface area (Å²) in [5.74, 6) is 0.0908. The number of carbonyl (C=O) groups excluding carboxylic acids is 1. The van der Waals surface area contributed by atoms with Crippen molar-refractivity contribution < 1.29 is 47.0 Å². The van der Waals surface area contributed by atoms with Gasteiger partial charge in [0.1, 0.15) is 0 Å². The summed E-state index contributed by atoms with van der Waals surface area (Å²) in [7, 11) is 2.81. The fourth-order valence-electron chi connectivity index (χ4n) is 1.12. The number of esters is 1. The minimum atomic E-state index is -0.439. The van der Waals surface area contributed by atoms with Crippen LogP contribution in [0.25, 0.3) is 0 Å². The van der Waals surface area contributed by atoms with Gasteiger partial charge in [-0.25, -0.2) is 4.79 Å². The van der Waals surface area contributed by atoms with Gasteiger partial charge in [0.2, 0.25) is 0 Å². The molecule has 0 amide bonds. The summed E-state index contributed by atoms with van der Waals surface area (Å²) in [6.07, 6.45) is 2.01. The van der Waals surface area contributed by atoms with Gasteiger partial charge >= 0.3 is 5.97 Å². The number of ether oxygens (including phenoxy) is 2. The Morgan fingerprint density at radius 3 is 2.62 bits per heavy atom. The molecule has 1 aromatic rings. The molecule has 1 aromatic carbocycles. The number of methoxy groups -OCH3 is 2. The van der Waals surface area contributed by atoms with Gasteiger partial charge in [-0.05, 0) is 12.1 Å². The molecule has 0 fully saturated rings. The second-order valence-electron chi connectivity index (χ2n) is 2.66. The molecule has 83 valence electrons. The van der Waals surface area contributed by atoms with E-state index < -0.39 is 5.97 Å². The molecule has 0 aliphatic carbocycles. The van der Waals surface area contributed by atoms with Gasteiger partial charge in [-0.3, -0.25) is 0 Å². The van der Waals surface area contributed by atoms with Crippen LogP contribution in [0.15, 0.2) is 18.2 Å². The third-order valence-electron chi connectivity index (χ3n) is 1.82. The standard InChI is InChI=1S/C10H11N2O3.Y/c1-14-9-4-3-7(10(13)15-2)5-8(9)12-6-11;/h3-5H,1-2H3,(H2,11,12);/q-1;. The third kappa shape index (κ3) is 3.57. The molecular weight excluding hydrogens is 285 g/mol. The maximum absolute atomic E-state index is 11.2. The quantitative estimate of drug-likeness (QED) is 0.289. The first-order valence-electron chi connectivity index (χ1n) is 4.17. The van der Waals surface area contributed by atoms with Crippen LogP contribution in [-0.4, -0.2) is 26.5 Å². The molecule has 1 radical (unpaired) electrons. The molecule has 0 bridgehead atoms. The first-order valence-corrected chi connectivity index (χ1v) is 4.17. The molecule has 5 nitrogen and oxygen atoms in total. The van der Waals surface area contributed by atoms with Crippen molar-refractivity contribution in [2.24, 2.45) is 0 Å². The minimum Gasteiger partial charge on any atom is -0.514 e. The van der Waals surface area contributed by atoms with Crippen LogP contribution in [-0.2, 0) is 37.4 Å². The molecule has 0 unspecified atom stereocenters. The SMILES string of the molecule is COC(=O)c1ccc(OC)c(N[C-]=N)c1.[Y]. The average molecular weight is 296 g/mol. The monoisotopic (exact) mass is 296 g/mol. The first-order chi connectivity index (χ1) is 7.22. The van der Waals surface area contributed by atoms with E-state index in [4.69, 9.17) is 10.1 Å². The summed E-state index contributed by atoms with van der Waals surface area (Å²) in [4.78, 5) is 11.2. The minimum absolute atomic E-state index is 0. The van der Waals surface area contributed by atoms with Gasteiger partial charge in [-0.2, -0.15) is 0 Å². The normalized spacial score (nSPS) is 8.62. The molecule has 6 heteroatoms. The van der Waals surface area contributed by atoms with Crippen molar-refractivity contribution >= 4 is 18.0 Å². The van der Waals surface area contributed by atoms with Crippen LogP contribution < -0.4 is 10.1 Å². The van der Waals surface area contributed by atoms with Gasteiger partial charge in [-0.1, -0.05) is 12.0 Å². The number of nitrogens with one attached hydrogen (secondary N) is 2. The predicted octanol–water partition coefficient (Wildman–Crippen LogP) is 1.38. The fourth-order valence-corrected chi connectivity index (χ4v) is 1.12. The molecule has 16 heavy (non-hydrogen) atoms. The van der Waals surface area contributed by atoms with E-state index in [1.54, 1.807) is 12.1 Å². The van der Waals surface area contributed by atoms with Crippen LogP contribution in [0.3, 0.4) is 0 Å². The van der Waals surface area contributed by atoms with Gasteiger partial charge < -0.3 is 20.2 Å². The molecule has 0 saturated heterocycles. The number of hydrogen-bond donors (Lipinski definition) is 2. The van der Waals surface area contributed by atoms with Gasteiger partial charge in [0, 0.05) is 38.3 Å². The van der Waals surface area contributed by atoms with Gasteiger partial charge in [0.05, 0.1) is 20.0 Å². The fraction of sp³-hybridized carbons (Fsp3) is 0.200. The second kappa shape index (κ2) is 7.36. The van der Waals surface area contributed by atoms with Crippen LogP contribution in [0.4, 0.5) is 5.69 Å². The van der Waals surface area contributed by atoms with Crippen LogP contribution >= 0.6 is 0 Å². The number of rotatable bonds is 4. The maximum atomic E-state index is 11.2. The average Bonchev–Trinajstić information content (AvgIpc) is 2.28. The third-order valence-corrected chi connectivity index (χ3v) is 1.82. The van der Waals surface area contributed by atoms with Gasteiger partial charge in [0.15, 0.2) is 0 Å². The second-order valence-corrected chi connectivity index (χ2v) is 2.66. The molecule has 2 N–H and O–H groups in total. The molecule has 0 spiro atoms. The van der Waals surface area contributed by atoms with Crippen molar-refractivity contribution in [3.8, 4) is 5.75 Å². The van der Waals surface area contributed by atoms with E-state index >= 15 is 0 Å². The van der Waals surface area contributed by atoms with E-state index in [1.165, 1.54) is 20.3 Å². The molecular formula is C10H11N2O3Y-. The molecule has 0 heterocycles. The molecule has 0 aromatic heterocycles. The molecule has 0 saturated carbocycles. The molecule has 0 aliphatic rings. The zero-order chi connectivity index (χ0) is 11.3. The van der Waals surface area contributed by atoms with Crippen molar-refractivity contribution in [1.29, 1.82) is 5.41 Å². The summed E-state index contributed by atoms with van der Waals surface area (Å²) >= 11 is 0. The Bertz CT molecular complexity index is 382. The Balaban J connectivity index is 0.00000225. The first kappa shape index (κ1) is 15.1. The maximum Gasteiger partial charge on any atom is 0.336 e. The summed E-state index contributed by atoms with van der Waals surface area (Å²) in [5, 5.41) is 9.33. The zero-order valence-corrected chi connectivity index (χ0v) is 11.9. The number of hydrogen-bond acceptors (Lipinski definition) is 4. The zero-order valence-electron chi connectivity index (χ0n) is 9.03. The van der Waals surface area contributed by atoms with Crippen LogP contribution in [0.5, 0.6) is 5.75 Å². The summed E-state index contributed by atoms with van der Waals surface area (Å²) < 4.78 is 9.60. The van der Waals surface area contributed by atoms with Gasteiger partial charge in [0.25, 0.3) is 0 Å². The Morgan fingerprint density at radius 2 is 2.12 bits per heavy atom. The van der Waals surface area contributed by atoms with Crippen molar-refractivity contribution in [3.05, 3.63) is 23.8 Å². The summed E-state index contributed by atoms with van der Waals surface area (Å²) in [5.41, 5.74) is 0.881. The van der Waals surface area contributed by atoms with E-state index in [1.807, 2.05) is 6.34 Å². The van der Waals surface area contributed by atoms with Gasteiger partial charge in [-0.15, -0.1) is 6.07 Å². The van der Waals surface area contributed by atoms with Crippen molar-refractivity contribution in [1.82, 2.24) is 0 Å². The van der Waals surface area contributed by atoms with E-state index in [0.29, 0.717) is 17.0 Å². The largest absolute Gasteiger partial charge is 0.514 e. The Hall–Kier alpha value is -0.936. The Morgan fingerprint density at radius 1 is 1.44 bits per heavy atom.